The molecule has 102 valence electrons. The van der Waals surface area contributed by atoms with Crippen molar-refractivity contribution in [1.82, 2.24) is 19.6 Å². The minimum absolute atomic E-state index is 0.0938. The second kappa shape index (κ2) is 4.16. The van der Waals surface area contributed by atoms with Gasteiger partial charge in [0.2, 0.25) is 0 Å². The van der Waals surface area contributed by atoms with E-state index in [-0.39, 0.29) is 11.5 Å². The van der Waals surface area contributed by atoms with E-state index in [1.807, 2.05) is 13.8 Å². The van der Waals surface area contributed by atoms with E-state index >= 15 is 0 Å². The number of benzene rings is 1. The van der Waals surface area contributed by atoms with Crippen LogP contribution in [0, 0.1) is 0 Å². The second-order valence-electron chi connectivity index (χ2n) is 4.85. The zero-order valence-electron chi connectivity index (χ0n) is 10.9. The number of rotatable bonds is 2. The molecule has 3 rings (SSSR count). The molecule has 0 saturated heterocycles. The number of hydrogen-bond donors (Lipinski definition) is 2. The first-order chi connectivity index (χ1) is 9.49. The summed E-state index contributed by atoms with van der Waals surface area (Å²) in [7, 11) is 0. The molecule has 0 unspecified atom stereocenters. The van der Waals surface area contributed by atoms with Gasteiger partial charge in [-0.25, -0.2) is 24.1 Å². The smallest absolute Gasteiger partial charge is 0.348 e. The van der Waals surface area contributed by atoms with Crippen LogP contribution in [0.15, 0.2) is 23.0 Å². The number of carbonyl (C=O) groups is 1. The number of fused-ring (bicyclic) bond motifs is 3. The van der Waals surface area contributed by atoms with Gasteiger partial charge in [0.05, 0.1) is 22.3 Å². The van der Waals surface area contributed by atoms with E-state index in [1.54, 1.807) is 6.07 Å². The highest BCUT2D eigenvalue weighted by molar-refractivity contribution is 5.92. The number of aromatic carboxylic acids is 1. The molecule has 2 heterocycles. The van der Waals surface area contributed by atoms with Crippen LogP contribution >= 0.6 is 0 Å². The van der Waals surface area contributed by atoms with Crippen molar-refractivity contribution in [2.45, 2.75) is 19.8 Å². The van der Waals surface area contributed by atoms with E-state index in [4.69, 9.17) is 5.11 Å². The Balaban J connectivity index is 2.52. The largest absolute Gasteiger partial charge is 0.478 e. The predicted octanol–water partition coefficient (Wildman–Crippen LogP) is 1.39. The Labute approximate surface area is 112 Å². The van der Waals surface area contributed by atoms with Crippen LogP contribution in [-0.2, 0) is 0 Å². The first-order valence-electron chi connectivity index (χ1n) is 6.13. The molecule has 20 heavy (non-hydrogen) atoms. The quantitative estimate of drug-likeness (QED) is 0.734. The lowest BCUT2D eigenvalue weighted by molar-refractivity contribution is 0.0697. The number of hydrogen-bond acceptors (Lipinski definition) is 4. The van der Waals surface area contributed by atoms with Crippen LogP contribution in [-0.4, -0.2) is 30.7 Å². The molecule has 0 atom stereocenters. The fourth-order valence-electron chi connectivity index (χ4n) is 2.19. The van der Waals surface area contributed by atoms with Crippen LogP contribution in [0.3, 0.4) is 0 Å². The van der Waals surface area contributed by atoms with Crippen molar-refractivity contribution >= 4 is 22.6 Å². The van der Waals surface area contributed by atoms with Crippen molar-refractivity contribution in [2.75, 3.05) is 0 Å². The van der Waals surface area contributed by atoms with Gasteiger partial charge in [-0.1, -0.05) is 13.8 Å². The molecule has 2 N–H and O–H groups in total. The summed E-state index contributed by atoms with van der Waals surface area (Å²) >= 11 is 0. The molecule has 0 bridgehead atoms. The number of carboxylic acid groups (broad SMARTS) is 1. The Hall–Kier alpha value is -2.70. The molecule has 7 nitrogen and oxygen atoms in total. The molecule has 0 radical (unpaired) electrons. The van der Waals surface area contributed by atoms with E-state index in [0.29, 0.717) is 22.4 Å². The van der Waals surface area contributed by atoms with Gasteiger partial charge in [0.15, 0.2) is 5.65 Å². The highest BCUT2D eigenvalue weighted by atomic mass is 16.4. The topological polar surface area (TPSA) is 100 Å². The monoisotopic (exact) mass is 272 g/mol. The summed E-state index contributed by atoms with van der Waals surface area (Å²) in [4.78, 5) is 27.4. The lowest BCUT2D eigenvalue weighted by Crippen LogP contribution is -2.13. The normalized spacial score (nSPS) is 11.6. The average Bonchev–Trinajstić information content (AvgIpc) is 2.79. The van der Waals surface area contributed by atoms with E-state index in [2.05, 4.69) is 15.2 Å². The Bertz CT molecular complexity index is 892. The SMILES string of the molecule is CC(C)c1nc2ccc(C(=O)O)cc2n2c(=O)[nH]nc12. The van der Waals surface area contributed by atoms with Gasteiger partial charge < -0.3 is 5.11 Å². The van der Waals surface area contributed by atoms with Crippen LogP contribution in [0.5, 0.6) is 0 Å². The summed E-state index contributed by atoms with van der Waals surface area (Å²) in [5.74, 6) is -0.958. The lowest BCUT2D eigenvalue weighted by Gasteiger charge is -2.09. The molecule has 3 aromatic rings. The van der Waals surface area contributed by atoms with Crippen molar-refractivity contribution in [3.63, 3.8) is 0 Å². The van der Waals surface area contributed by atoms with Gasteiger partial charge in [-0.2, -0.15) is 5.10 Å². The van der Waals surface area contributed by atoms with Crippen LogP contribution in [0.2, 0.25) is 0 Å². The molecule has 0 saturated carbocycles. The zero-order chi connectivity index (χ0) is 14.4. The maximum atomic E-state index is 11.9. The van der Waals surface area contributed by atoms with Crippen LogP contribution < -0.4 is 5.69 Å². The van der Waals surface area contributed by atoms with Gasteiger partial charge in [0.25, 0.3) is 0 Å². The van der Waals surface area contributed by atoms with E-state index < -0.39 is 11.7 Å². The number of nitrogens with zero attached hydrogens (tertiary/aromatic N) is 3. The minimum Gasteiger partial charge on any atom is -0.478 e. The average molecular weight is 272 g/mol. The second-order valence-corrected chi connectivity index (χ2v) is 4.85. The minimum atomic E-state index is -1.05. The Morgan fingerprint density at radius 1 is 1.40 bits per heavy atom. The summed E-state index contributed by atoms with van der Waals surface area (Å²) in [5.41, 5.74) is 1.82. The van der Waals surface area contributed by atoms with Crippen LogP contribution in [0.25, 0.3) is 16.7 Å². The molecule has 7 heteroatoms. The third kappa shape index (κ3) is 1.67. The number of carboxylic acids is 1. The highest BCUT2D eigenvalue weighted by Crippen LogP contribution is 2.21. The molecular formula is C13H12N4O3. The molecular weight excluding hydrogens is 260 g/mol. The van der Waals surface area contributed by atoms with E-state index in [1.165, 1.54) is 16.5 Å². The first-order valence-corrected chi connectivity index (χ1v) is 6.13. The van der Waals surface area contributed by atoms with E-state index in [0.717, 1.165) is 0 Å². The Kier molecular flexibility index (Phi) is 2.56. The molecule has 2 aromatic heterocycles. The number of H-pyrrole nitrogens is 1. The third-order valence-corrected chi connectivity index (χ3v) is 3.15. The molecule has 0 spiro atoms. The molecule has 1 aromatic carbocycles. The highest BCUT2D eigenvalue weighted by Gasteiger charge is 2.16. The molecule has 0 aliphatic rings. The van der Waals surface area contributed by atoms with Gasteiger partial charge in [-0.3, -0.25) is 0 Å². The summed E-state index contributed by atoms with van der Waals surface area (Å²) in [6.45, 7) is 3.91. The van der Waals surface area contributed by atoms with Gasteiger partial charge in [0, 0.05) is 0 Å². The van der Waals surface area contributed by atoms with Crippen molar-refractivity contribution in [2.24, 2.45) is 0 Å². The maximum Gasteiger partial charge on any atom is 0.348 e. The number of aromatic nitrogens is 4. The fraction of sp³-hybridized carbons (Fsp3) is 0.231. The maximum absolute atomic E-state index is 11.9. The lowest BCUT2D eigenvalue weighted by atomic mass is 10.1. The van der Waals surface area contributed by atoms with Crippen molar-refractivity contribution in [3.05, 3.63) is 39.9 Å². The third-order valence-electron chi connectivity index (χ3n) is 3.15. The Morgan fingerprint density at radius 2 is 2.15 bits per heavy atom. The zero-order valence-corrected chi connectivity index (χ0v) is 10.9. The summed E-state index contributed by atoms with van der Waals surface area (Å²) in [5, 5.41) is 15.4. The summed E-state index contributed by atoms with van der Waals surface area (Å²) in [6.07, 6.45) is 0. The van der Waals surface area contributed by atoms with Gasteiger partial charge >= 0.3 is 11.7 Å². The van der Waals surface area contributed by atoms with Gasteiger partial charge in [-0.15, -0.1) is 0 Å². The molecule has 0 amide bonds. The summed E-state index contributed by atoms with van der Waals surface area (Å²) in [6, 6.07) is 4.50. The number of nitrogens with one attached hydrogen (secondary N) is 1. The molecule has 0 aliphatic heterocycles. The van der Waals surface area contributed by atoms with Crippen molar-refractivity contribution < 1.29 is 9.90 Å². The van der Waals surface area contributed by atoms with Crippen LogP contribution in [0.4, 0.5) is 0 Å². The van der Waals surface area contributed by atoms with Gasteiger partial charge in [0.1, 0.15) is 0 Å². The first kappa shape index (κ1) is 12.3. The van der Waals surface area contributed by atoms with E-state index in [9.17, 15) is 9.59 Å². The summed E-state index contributed by atoms with van der Waals surface area (Å²) < 4.78 is 1.37. The predicted molar refractivity (Wildman–Crippen MR) is 72.2 cm³/mol. The molecule has 0 fully saturated rings. The Morgan fingerprint density at radius 3 is 2.80 bits per heavy atom. The van der Waals surface area contributed by atoms with Gasteiger partial charge in [-0.05, 0) is 24.1 Å². The van der Waals surface area contributed by atoms with Crippen molar-refractivity contribution in [3.8, 4) is 0 Å². The fourth-order valence-corrected chi connectivity index (χ4v) is 2.19. The number of aromatic amines is 1. The standard InChI is InChI=1S/C13H12N4O3/c1-6(2)10-11-15-16-13(20)17(11)9-5-7(12(18)19)3-4-8(9)14-10/h3-6H,1-2H3,(H,16,20)(H,18,19). The van der Waals surface area contributed by atoms with Crippen LogP contribution in [0.1, 0.15) is 35.8 Å². The van der Waals surface area contributed by atoms with Crippen molar-refractivity contribution in [1.29, 1.82) is 0 Å². The molecule has 0 aliphatic carbocycles.